The van der Waals surface area contributed by atoms with E-state index in [-0.39, 0.29) is 6.03 Å². The van der Waals surface area contributed by atoms with E-state index in [1.807, 2.05) is 0 Å². The largest absolute Gasteiger partial charge is 0.352 e. The first kappa shape index (κ1) is 17.3. The summed E-state index contributed by atoms with van der Waals surface area (Å²) in [5.41, 5.74) is 6.72. The molecule has 0 bridgehead atoms. The first-order valence-corrected chi connectivity index (χ1v) is 9.54. The molecule has 1 saturated heterocycles. The highest BCUT2D eigenvalue weighted by molar-refractivity contribution is 5.71. The number of benzene rings is 1. The third-order valence-electron chi connectivity index (χ3n) is 5.91. The molecule has 2 amide bonds. The molecule has 3 N–H and O–H groups in total. The predicted molar refractivity (Wildman–Crippen MR) is 97.9 cm³/mol. The van der Waals surface area contributed by atoms with E-state index in [2.05, 4.69) is 40.5 Å². The molecule has 2 fully saturated rings. The number of amides is 2. The Morgan fingerprint density at radius 3 is 2.33 bits per heavy atom. The number of carbonyl (C=O) groups excluding carboxylic acids is 1. The van der Waals surface area contributed by atoms with Crippen molar-refractivity contribution in [1.82, 2.24) is 10.2 Å². The zero-order chi connectivity index (χ0) is 16.8. The third-order valence-corrected chi connectivity index (χ3v) is 5.91. The summed E-state index contributed by atoms with van der Waals surface area (Å²) in [6.07, 6.45) is 8.52. The van der Waals surface area contributed by atoms with Gasteiger partial charge in [-0.05, 0) is 82.0 Å². The SMILES string of the molecule is NC(=O)NC1CCC(CCN2CCC(c3ccccc3)CC2)CC1. The van der Waals surface area contributed by atoms with Crippen LogP contribution in [0, 0.1) is 5.92 Å². The average molecular weight is 329 g/mol. The van der Waals surface area contributed by atoms with Crippen molar-refractivity contribution >= 4 is 6.03 Å². The van der Waals surface area contributed by atoms with Crippen molar-refractivity contribution < 1.29 is 4.79 Å². The number of hydrogen-bond acceptors (Lipinski definition) is 2. The van der Waals surface area contributed by atoms with Crippen LogP contribution in [0.5, 0.6) is 0 Å². The number of nitrogens with two attached hydrogens (primary N) is 1. The molecule has 1 aromatic carbocycles. The molecule has 3 rings (SSSR count). The Morgan fingerprint density at radius 1 is 1.04 bits per heavy atom. The van der Waals surface area contributed by atoms with E-state index in [1.54, 1.807) is 0 Å². The van der Waals surface area contributed by atoms with E-state index >= 15 is 0 Å². The van der Waals surface area contributed by atoms with Crippen molar-refractivity contribution in [2.75, 3.05) is 19.6 Å². The molecule has 0 unspecified atom stereocenters. The maximum atomic E-state index is 10.9. The molecule has 0 aromatic heterocycles. The molecule has 132 valence electrons. The number of urea groups is 1. The smallest absolute Gasteiger partial charge is 0.312 e. The molecule has 0 atom stereocenters. The van der Waals surface area contributed by atoms with Crippen molar-refractivity contribution in [3.8, 4) is 0 Å². The monoisotopic (exact) mass is 329 g/mol. The van der Waals surface area contributed by atoms with Gasteiger partial charge in [0, 0.05) is 6.04 Å². The van der Waals surface area contributed by atoms with Gasteiger partial charge in [0.1, 0.15) is 0 Å². The van der Waals surface area contributed by atoms with Crippen LogP contribution < -0.4 is 11.1 Å². The summed E-state index contributed by atoms with van der Waals surface area (Å²) in [4.78, 5) is 13.6. The van der Waals surface area contributed by atoms with Crippen LogP contribution in [0.1, 0.15) is 56.4 Å². The van der Waals surface area contributed by atoms with Crippen LogP contribution in [-0.4, -0.2) is 36.6 Å². The fourth-order valence-corrected chi connectivity index (χ4v) is 4.38. The lowest BCUT2D eigenvalue weighted by molar-refractivity contribution is 0.183. The quantitative estimate of drug-likeness (QED) is 0.869. The van der Waals surface area contributed by atoms with E-state index < -0.39 is 0 Å². The van der Waals surface area contributed by atoms with Gasteiger partial charge in [-0.2, -0.15) is 0 Å². The van der Waals surface area contributed by atoms with Crippen molar-refractivity contribution in [2.45, 2.75) is 56.9 Å². The van der Waals surface area contributed by atoms with Crippen molar-refractivity contribution in [2.24, 2.45) is 11.7 Å². The van der Waals surface area contributed by atoms with Crippen LogP contribution in [0.15, 0.2) is 30.3 Å². The summed E-state index contributed by atoms with van der Waals surface area (Å²) in [6.45, 7) is 3.70. The van der Waals surface area contributed by atoms with Crippen molar-refractivity contribution in [3.05, 3.63) is 35.9 Å². The summed E-state index contributed by atoms with van der Waals surface area (Å²) >= 11 is 0. The summed E-state index contributed by atoms with van der Waals surface area (Å²) in [6, 6.07) is 10.9. The number of primary amides is 1. The molecule has 1 aromatic rings. The number of piperidine rings is 1. The lowest BCUT2D eigenvalue weighted by Crippen LogP contribution is -2.41. The number of carbonyl (C=O) groups is 1. The minimum Gasteiger partial charge on any atom is -0.352 e. The summed E-state index contributed by atoms with van der Waals surface area (Å²) < 4.78 is 0. The highest BCUT2D eigenvalue weighted by atomic mass is 16.2. The molecule has 1 saturated carbocycles. The molecule has 1 heterocycles. The number of rotatable bonds is 5. The minimum absolute atomic E-state index is 0.306. The normalized spacial score (nSPS) is 26.2. The fourth-order valence-electron chi connectivity index (χ4n) is 4.38. The Morgan fingerprint density at radius 2 is 1.71 bits per heavy atom. The highest BCUT2D eigenvalue weighted by Gasteiger charge is 2.24. The Hall–Kier alpha value is -1.55. The van der Waals surface area contributed by atoms with E-state index in [4.69, 9.17) is 5.73 Å². The predicted octanol–water partition coefficient (Wildman–Crippen LogP) is 3.48. The zero-order valence-corrected chi connectivity index (χ0v) is 14.6. The lowest BCUT2D eigenvalue weighted by Gasteiger charge is -2.34. The van der Waals surface area contributed by atoms with Crippen LogP contribution in [0.3, 0.4) is 0 Å². The molecule has 24 heavy (non-hydrogen) atoms. The second kappa shape index (κ2) is 8.52. The molecule has 0 radical (unpaired) electrons. The van der Waals surface area contributed by atoms with Gasteiger partial charge in [0.15, 0.2) is 0 Å². The summed E-state index contributed by atoms with van der Waals surface area (Å²) in [5, 5.41) is 2.86. The van der Waals surface area contributed by atoms with Gasteiger partial charge in [-0.25, -0.2) is 4.79 Å². The van der Waals surface area contributed by atoms with Gasteiger partial charge < -0.3 is 16.0 Å². The third kappa shape index (κ3) is 4.97. The second-order valence-corrected chi connectivity index (χ2v) is 7.54. The Labute approximate surface area is 145 Å². The number of likely N-dealkylation sites (tertiary alicyclic amines) is 1. The van der Waals surface area contributed by atoms with Gasteiger partial charge >= 0.3 is 6.03 Å². The van der Waals surface area contributed by atoms with Gasteiger partial charge in [0.25, 0.3) is 0 Å². The van der Waals surface area contributed by atoms with Crippen molar-refractivity contribution in [3.63, 3.8) is 0 Å². The second-order valence-electron chi connectivity index (χ2n) is 7.54. The maximum Gasteiger partial charge on any atom is 0.312 e. The minimum atomic E-state index is -0.375. The van der Waals surface area contributed by atoms with Crippen molar-refractivity contribution in [1.29, 1.82) is 0 Å². The van der Waals surface area contributed by atoms with E-state index in [0.717, 1.165) is 24.7 Å². The molecular formula is C20H31N3O. The molecule has 2 aliphatic rings. The van der Waals surface area contributed by atoms with E-state index in [1.165, 1.54) is 57.3 Å². The van der Waals surface area contributed by atoms with Gasteiger partial charge in [-0.3, -0.25) is 0 Å². The molecule has 0 spiro atoms. The number of hydrogen-bond donors (Lipinski definition) is 2. The fraction of sp³-hybridized carbons (Fsp3) is 0.650. The topological polar surface area (TPSA) is 58.4 Å². The lowest BCUT2D eigenvalue weighted by atomic mass is 9.83. The average Bonchev–Trinajstić information content (AvgIpc) is 2.62. The molecule has 4 nitrogen and oxygen atoms in total. The van der Waals surface area contributed by atoms with Gasteiger partial charge in [0.05, 0.1) is 0 Å². The van der Waals surface area contributed by atoms with E-state index in [9.17, 15) is 4.79 Å². The van der Waals surface area contributed by atoms with Crippen LogP contribution in [0.25, 0.3) is 0 Å². The van der Waals surface area contributed by atoms with Crippen LogP contribution >= 0.6 is 0 Å². The Bertz CT molecular complexity index is 503. The Balaban J connectivity index is 1.33. The maximum absolute atomic E-state index is 10.9. The first-order chi connectivity index (χ1) is 11.7. The Kier molecular flexibility index (Phi) is 6.13. The van der Waals surface area contributed by atoms with Crippen LogP contribution in [-0.2, 0) is 0 Å². The molecule has 1 aliphatic heterocycles. The van der Waals surface area contributed by atoms with E-state index in [0.29, 0.717) is 6.04 Å². The van der Waals surface area contributed by atoms with Crippen LogP contribution in [0.4, 0.5) is 4.79 Å². The first-order valence-electron chi connectivity index (χ1n) is 9.54. The summed E-state index contributed by atoms with van der Waals surface area (Å²) in [5.74, 6) is 1.57. The molecular weight excluding hydrogens is 298 g/mol. The number of nitrogens with one attached hydrogen (secondary N) is 1. The number of nitrogens with zero attached hydrogens (tertiary/aromatic N) is 1. The zero-order valence-electron chi connectivity index (χ0n) is 14.6. The standard InChI is InChI=1S/C20H31N3O/c21-20(24)22-19-8-6-16(7-9-19)10-13-23-14-11-18(12-15-23)17-4-2-1-3-5-17/h1-5,16,18-19H,6-15H2,(H3,21,22,24). The summed E-state index contributed by atoms with van der Waals surface area (Å²) in [7, 11) is 0. The van der Waals surface area contributed by atoms with Gasteiger partial charge in [0.2, 0.25) is 0 Å². The van der Waals surface area contributed by atoms with Gasteiger partial charge in [-0.1, -0.05) is 30.3 Å². The molecule has 4 heteroatoms. The van der Waals surface area contributed by atoms with Crippen LogP contribution in [0.2, 0.25) is 0 Å². The van der Waals surface area contributed by atoms with Gasteiger partial charge in [-0.15, -0.1) is 0 Å². The highest BCUT2D eigenvalue weighted by Crippen LogP contribution is 2.30. The molecule has 1 aliphatic carbocycles.